The third-order valence-electron chi connectivity index (χ3n) is 3.80. The lowest BCUT2D eigenvalue weighted by Crippen LogP contribution is -2.45. The summed E-state index contributed by atoms with van der Waals surface area (Å²) in [6.07, 6.45) is -1.38. The standard InChI is InChI=1S/C19H25NO6/c1-4-24-19(23)16-15(26-16)17(21)20-14(10-12(2)3)18(22)25-11-13-8-6-5-7-9-13/h5-9,12,14-16H,4,10-11H2,1-3H3,(H,20,21)/t14-,15?,16?/m0/s1. The molecule has 3 atom stereocenters. The van der Waals surface area contributed by atoms with Crippen LogP contribution in [0, 0.1) is 5.92 Å². The summed E-state index contributed by atoms with van der Waals surface area (Å²) in [6, 6.07) is 8.50. The quantitative estimate of drug-likeness (QED) is 0.529. The van der Waals surface area contributed by atoms with Crippen LogP contribution in [0.2, 0.25) is 0 Å². The van der Waals surface area contributed by atoms with Gasteiger partial charge in [-0.15, -0.1) is 0 Å². The van der Waals surface area contributed by atoms with Gasteiger partial charge in [0.1, 0.15) is 12.6 Å². The summed E-state index contributed by atoms with van der Waals surface area (Å²) in [5, 5.41) is 2.63. The first-order valence-corrected chi connectivity index (χ1v) is 8.75. The van der Waals surface area contributed by atoms with Gasteiger partial charge in [0.15, 0.2) is 12.2 Å². The van der Waals surface area contributed by atoms with E-state index in [4.69, 9.17) is 14.2 Å². The van der Waals surface area contributed by atoms with E-state index < -0.39 is 36.1 Å². The van der Waals surface area contributed by atoms with Crippen molar-refractivity contribution in [3.05, 3.63) is 35.9 Å². The molecule has 0 radical (unpaired) electrons. The Morgan fingerprint density at radius 2 is 1.81 bits per heavy atom. The van der Waals surface area contributed by atoms with Crippen LogP contribution < -0.4 is 5.32 Å². The van der Waals surface area contributed by atoms with Gasteiger partial charge in [0.25, 0.3) is 5.91 Å². The highest BCUT2D eigenvalue weighted by Crippen LogP contribution is 2.24. The van der Waals surface area contributed by atoms with Crippen LogP contribution >= 0.6 is 0 Å². The van der Waals surface area contributed by atoms with E-state index in [9.17, 15) is 14.4 Å². The SMILES string of the molecule is CCOC(=O)C1OC1C(=O)N[C@@H](CC(C)C)C(=O)OCc1ccccc1. The van der Waals surface area contributed by atoms with Gasteiger partial charge in [0, 0.05) is 0 Å². The first kappa shape index (κ1) is 19.9. The van der Waals surface area contributed by atoms with E-state index in [1.54, 1.807) is 6.92 Å². The Labute approximate surface area is 153 Å². The van der Waals surface area contributed by atoms with E-state index in [0.29, 0.717) is 6.42 Å². The Balaban J connectivity index is 1.89. The highest BCUT2D eigenvalue weighted by atomic mass is 16.6. The van der Waals surface area contributed by atoms with Crippen molar-refractivity contribution in [1.82, 2.24) is 5.32 Å². The van der Waals surface area contributed by atoms with Crippen molar-refractivity contribution in [1.29, 1.82) is 0 Å². The fraction of sp³-hybridized carbons (Fsp3) is 0.526. The zero-order valence-corrected chi connectivity index (χ0v) is 15.3. The Morgan fingerprint density at radius 1 is 1.12 bits per heavy atom. The molecule has 1 N–H and O–H groups in total. The molecule has 1 amide bonds. The normalized spacial score (nSPS) is 19.5. The third-order valence-corrected chi connectivity index (χ3v) is 3.80. The van der Waals surface area contributed by atoms with Crippen LogP contribution in [0.4, 0.5) is 0 Å². The van der Waals surface area contributed by atoms with Gasteiger partial charge in [0.2, 0.25) is 0 Å². The van der Waals surface area contributed by atoms with Crippen LogP contribution in [0.25, 0.3) is 0 Å². The number of esters is 2. The number of hydrogen-bond acceptors (Lipinski definition) is 6. The summed E-state index contributed by atoms with van der Waals surface area (Å²) in [7, 11) is 0. The molecule has 7 nitrogen and oxygen atoms in total. The maximum Gasteiger partial charge on any atom is 0.338 e. The fourth-order valence-corrected chi connectivity index (χ4v) is 2.48. The first-order chi connectivity index (χ1) is 12.4. The molecule has 1 fully saturated rings. The first-order valence-electron chi connectivity index (χ1n) is 8.75. The molecule has 1 heterocycles. The fourth-order valence-electron chi connectivity index (χ4n) is 2.48. The van der Waals surface area contributed by atoms with Crippen molar-refractivity contribution < 1.29 is 28.6 Å². The van der Waals surface area contributed by atoms with Crippen molar-refractivity contribution in [3.63, 3.8) is 0 Å². The largest absolute Gasteiger partial charge is 0.464 e. The molecule has 0 bridgehead atoms. The van der Waals surface area contributed by atoms with Gasteiger partial charge >= 0.3 is 11.9 Å². The monoisotopic (exact) mass is 363 g/mol. The molecule has 1 aromatic rings. The number of nitrogens with one attached hydrogen (secondary N) is 1. The average Bonchev–Trinajstić information content (AvgIpc) is 3.41. The molecule has 1 saturated heterocycles. The van der Waals surface area contributed by atoms with Gasteiger partial charge in [-0.05, 0) is 24.8 Å². The Morgan fingerprint density at radius 3 is 2.42 bits per heavy atom. The van der Waals surface area contributed by atoms with E-state index in [2.05, 4.69) is 5.32 Å². The zero-order chi connectivity index (χ0) is 19.1. The van der Waals surface area contributed by atoms with E-state index in [1.807, 2.05) is 44.2 Å². The predicted molar refractivity (Wildman–Crippen MR) is 92.9 cm³/mol. The molecule has 7 heteroatoms. The third kappa shape index (κ3) is 5.84. The maximum absolute atomic E-state index is 12.4. The lowest BCUT2D eigenvalue weighted by molar-refractivity contribution is -0.149. The van der Waals surface area contributed by atoms with Crippen molar-refractivity contribution in [2.24, 2.45) is 5.92 Å². The van der Waals surface area contributed by atoms with Crippen LogP contribution in [-0.2, 0) is 35.2 Å². The number of ether oxygens (including phenoxy) is 3. The molecule has 26 heavy (non-hydrogen) atoms. The van der Waals surface area contributed by atoms with Gasteiger partial charge in [-0.1, -0.05) is 44.2 Å². The predicted octanol–water partition coefficient (Wildman–Crippen LogP) is 1.59. The van der Waals surface area contributed by atoms with Crippen LogP contribution in [0.15, 0.2) is 30.3 Å². The minimum Gasteiger partial charge on any atom is -0.464 e. The van der Waals surface area contributed by atoms with E-state index in [-0.39, 0.29) is 19.1 Å². The van der Waals surface area contributed by atoms with Crippen molar-refractivity contribution in [2.45, 2.75) is 52.0 Å². The second kappa shape index (κ2) is 9.33. The molecule has 2 unspecified atom stereocenters. The summed E-state index contributed by atoms with van der Waals surface area (Å²) < 4.78 is 15.2. The summed E-state index contributed by atoms with van der Waals surface area (Å²) in [5.41, 5.74) is 0.864. The molecule has 0 aliphatic carbocycles. The van der Waals surface area contributed by atoms with E-state index in [1.165, 1.54) is 0 Å². The summed E-state index contributed by atoms with van der Waals surface area (Å²) in [6.45, 7) is 5.92. The minimum absolute atomic E-state index is 0.134. The Kier molecular flexibility index (Phi) is 7.15. The van der Waals surface area contributed by atoms with Crippen molar-refractivity contribution in [2.75, 3.05) is 6.61 Å². The molecule has 0 saturated carbocycles. The van der Waals surface area contributed by atoms with Gasteiger partial charge < -0.3 is 19.5 Å². The molecule has 142 valence electrons. The van der Waals surface area contributed by atoms with E-state index >= 15 is 0 Å². The Bertz CT molecular complexity index is 630. The average molecular weight is 363 g/mol. The summed E-state index contributed by atoms with van der Waals surface area (Å²) in [5.74, 6) is -1.42. The summed E-state index contributed by atoms with van der Waals surface area (Å²) in [4.78, 5) is 36.2. The van der Waals surface area contributed by atoms with Gasteiger partial charge in [0.05, 0.1) is 6.61 Å². The molecule has 2 rings (SSSR count). The van der Waals surface area contributed by atoms with Crippen molar-refractivity contribution in [3.8, 4) is 0 Å². The number of rotatable bonds is 9. The summed E-state index contributed by atoms with van der Waals surface area (Å²) >= 11 is 0. The number of hydrogen-bond donors (Lipinski definition) is 1. The molecule has 1 aliphatic rings. The number of epoxide rings is 1. The van der Waals surface area contributed by atoms with Crippen LogP contribution in [-0.4, -0.2) is 42.7 Å². The molecular formula is C19H25NO6. The number of carbonyl (C=O) groups is 3. The molecular weight excluding hydrogens is 338 g/mol. The second-order valence-corrected chi connectivity index (χ2v) is 6.51. The van der Waals surface area contributed by atoms with Gasteiger partial charge in [-0.3, -0.25) is 4.79 Å². The Hall–Kier alpha value is -2.41. The van der Waals surface area contributed by atoms with E-state index in [0.717, 1.165) is 5.56 Å². The van der Waals surface area contributed by atoms with Crippen LogP contribution in [0.1, 0.15) is 32.8 Å². The lowest BCUT2D eigenvalue weighted by Gasteiger charge is -2.19. The van der Waals surface area contributed by atoms with Gasteiger partial charge in [-0.2, -0.15) is 0 Å². The zero-order valence-electron chi connectivity index (χ0n) is 15.3. The second-order valence-electron chi connectivity index (χ2n) is 6.51. The molecule has 0 spiro atoms. The number of benzene rings is 1. The highest BCUT2D eigenvalue weighted by molar-refractivity contribution is 5.94. The topological polar surface area (TPSA) is 94.2 Å². The van der Waals surface area contributed by atoms with Crippen molar-refractivity contribution >= 4 is 17.8 Å². The maximum atomic E-state index is 12.4. The molecule has 0 aromatic heterocycles. The number of carbonyl (C=O) groups excluding carboxylic acids is 3. The minimum atomic E-state index is -0.911. The van der Waals surface area contributed by atoms with Gasteiger partial charge in [-0.25, -0.2) is 9.59 Å². The molecule has 1 aromatic carbocycles. The van der Waals surface area contributed by atoms with Crippen LogP contribution in [0.5, 0.6) is 0 Å². The highest BCUT2D eigenvalue weighted by Gasteiger charge is 2.52. The smallest absolute Gasteiger partial charge is 0.338 e. The molecule has 1 aliphatic heterocycles. The number of amides is 1. The van der Waals surface area contributed by atoms with Crippen LogP contribution in [0.3, 0.4) is 0 Å². The lowest BCUT2D eigenvalue weighted by atomic mass is 10.0.